The van der Waals surface area contributed by atoms with Gasteiger partial charge < -0.3 is 9.64 Å². The van der Waals surface area contributed by atoms with Crippen LogP contribution in [-0.4, -0.2) is 47.8 Å². The maximum Gasteiger partial charge on any atom is 0.173 e. The molecular weight excluding hydrogens is 322 g/mol. The van der Waals surface area contributed by atoms with Gasteiger partial charge in [0.1, 0.15) is 17.2 Å². The summed E-state index contributed by atoms with van der Waals surface area (Å²) in [5, 5.41) is 0.824. The van der Waals surface area contributed by atoms with Crippen LogP contribution >= 0.6 is 11.8 Å². The molecule has 126 valence electrons. The SMILES string of the molecule is Cc1ccc(C(=O)CSc2cc(N3CCOCC3)ncn2)c(C)c1. The minimum absolute atomic E-state index is 0.129. The van der Waals surface area contributed by atoms with Gasteiger partial charge >= 0.3 is 0 Å². The van der Waals surface area contributed by atoms with E-state index in [1.807, 2.05) is 38.1 Å². The zero-order valence-electron chi connectivity index (χ0n) is 14.0. The van der Waals surface area contributed by atoms with Crippen molar-refractivity contribution in [1.29, 1.82) is 0 Å². The molecule has 0 spiro atoms. The van der Waals surface area contributed by atoms with Gasteiger partial charge in [-0.2, -0.15) is 0 Å². The molecule has 0 N–H and O–H groups in total. The van der Waals surface area contributed by atoms with Crippen molar-refractivity contribution in [2.75, 3.05) is 37.0 Å². The number of rotatable bonds is 5. The topological polar surface area (TPSA) is 55.3 Å². The van der Waals surface area contributed by atoms with Gasteiger partial charge in [0.25, 0.3) is 0 Å². The summed E-state index contributed by atoms with van der Waals surface area (Å²) in [5.74, 6) is 1.41. The van der Waals surface area contributed by atoms with Crippen LogP contribution in [0.15, 0.2) is 35.6 Å². The number of hydrogen-bond acceptors (Lipinski definition) is 6. The second-order valence-electron chi connectivity index (χ2n) is 5.84. The predicted molar refractivity (Wildman–Crippen MR) is 96.0 cm³/mol. The number of benzene rings is 1. The van der Waals surface area contributed by atoms with Gasteiger partial charge in [0.2, 0.25) is 0 Å². The molecule has 2 heterocycles. The van der Waals surface area contributed by atoms with Crippen molar-refractivity contribution < 1.29 is 9.53 Å². The van der Waals surface area contributed by atoms with Gasteiger partial charge in [-0.1, -0.05) is 35.5 Å². The summed E-state index contributed by atoms with van der Waals surface area (Å²) in [6.45, 7) is 7.12. The van der Waals surface area contributed by atoms with Gasteiger partial charge in [-0.05, 0) is 19.4 Å². The standard InChI is InChI=1S/C18H21N3O2S/c1-13-3-4-15(14(2)9-13)16(22)11-24-18-10-17(19-12-20-18)21-5-7-23-8-6-21/h3-4,9-10,12H,5-8,11H2,1-2H3. The number of hydrogen-bond donors (Lipinski definition) is 0. The van der Waals surface area contributed by atoms with Crippen molar-refractivity contribution in [2.45, 2.75) is 18.9 Å². The highest BCUT2D eigenvalue weighted by molar-refractivity contribution is 7.99. The van der Waals surface area contributed by atoms with Crippen molar-refractivity contribution >= 4 is 23.4 Å². The van der Waals surface area contributed by atoms with Crippen LogP contribution in [0.1, 0.15) is 21.5 Å². The minimum atomic E-state index is 0.129. The molecule has 0 radical (unpaired) electrons. The number of ether oxygens (including phenoxy) is 1. The first kappa shape index (κ1) is 16.9. The molecule has 1 aliphatic heterocycles. The first-order valence-electron chi connectivity index (χ1n) is 8.01. The van der Waals surface area contributed by atoms with Gasteiger partial charge in [-0.3, -0.25) is 4.79 Å². The van der Waals surface area contributed by atoms with Gasteiger partial charge in [-0.25, -0.2) is 9.97 Å². The number of aromatic nitrogens is 2. The van der Waals surface area contributed by atoms with Crippen LogP contribution in [0, 0.1) is 13.8 Å². The van der Waals surface area contributed by atoms with E-state index in [2.05, 4.69) is 14.9 Å². The largest absolute Gasteiger partial charge is 0.378 e. The summed E-state index contributed by atoms with van der Waals surface area (Å²) in [6.07, 6.45) is 1.56. The van der Waals surface area contributed by atoms with E-state index in [1.165, 1.54) is 17.3 Å². The monoisotopic (exact) mass is 343 g/mol. The average molecular weight is 343 g/mol. The molecule has 1 aromatic carbocycles. The summed E-state index contributed by atoms with van der Waals surface area (Å²) in [6, 6.07) is 7.88. The van der Waals surface area contributed by atoms with Crippen molar-refractivity contribution in [2.24, 2.45) is 0 Å². The van der Waals surface area contributed by atoms with Crippen LogP contribution in [0.2, 0.25) is 0 Å². The highest BCUT2D eigenvalue weighted by Gasteiger charge is 2.14. The number of carbonyl (C=O) groups is 1. The molecule has 1 aromatic heterocycles. The molecule has 0 saturated carbocycles. The number of Topliss-reactive ketones (excluding diaryl/α,β-unsaturated/α-hetero) is 1. The molecule has 0 unspecified atom stereocenters. The Morgan fingerprint density at radius 3 is 2.75 bits per heavy atom. The first-order valence-corrected chi connectivity index (χ1v) is 9.00. The Morgan fingerprint density at radius 2 is 2.00 bits per heavy atom. The Bertz CT molecular complexity index is 730. The van der Waals surface area contributed by atoms with Gasteiger partial charge in [-0.15, -0.1) is 0 Å². The van der Waals surface area contributed by atoms with E-state index in [0.717, 1.165) is 48.3 Å². The number of ketones is 1. The Hall–Kier alpha value is -1.92. The Kier molecular flexibility index (Phi) is 5.48. The molecule has 1 aliphatic rings. The van der Waals surface area contributed by atoms with Gasteiger partial charge in [0.15, 0.2) is 5.78 Å². The molecule has 1 fully saturated rings. The summed E-state index contributed by atoms with van der Waals surface area (Å²) in [5.41, 5.74) is 2.98. The van der Waals surface area contributed by atoms with E-state index in [-0.39, 0.29) is 5.78 Å². The lowest BCUT2D eigenvalue weighted by molar-refractivity contribution is 0.102. The second kappa shape index (κ2) is 7.77. The highest BCUT2D eigenvalue weighted by Crippen LogP contribution is 2.22. The van der Waals surface area contributed by atoms with E-state index in [4.69, 9.17) is 4.74 Å². The quantitative estimate of drug-likeness (QED) is 0.473. The molecule has 0 amide bonds. The zero-order chi connectivity index (χ0) is 16.9. The summed E-state index contributed by atoms with van der Waals surface area (Å²) >= 11 is 1.46. The molecule has 24 heavy (non-hydrogen) atoms. The second-order valence-corrected chi connectivity index (χ2v) is 6.84. The van der Waals surface area contributed by atoms with Crippen molar-refractivity contribution in [3.8, 4) is 0 Å². The van der Waals surface area contributed by atoms with Crippen LogP contribution in [0.5, 0.6) is 0 Å². The highest BCUT2D eigenvalue weighted by atomic mass is 32.2. The Labute approximate surface area is 146 Å². The van der Waals surface area contributed by atoms with Crippen LogP contribution < -0.4 is 4.90 Å². The summed E-state index contributed by atoms with van der Waals surface area (Å²) < 4.78 is 5.36. The van der Waals surface area contributed by atoms with E-state index in [9.17, 15) is 4.79 Å². The number of anilines is 1. The van der Waals surface area contributed by atoms with Crippen molar-refractivity contribution in [3.63, 3.8) is 0 Å². The minimum Gasteiger partial charge on any atom is -0.378 e. The first-order chi connectivity index (χ1) is 11.6. The molecule has 2 aromatic rings. The van der Waals surface area contributed by atoms with E-state index in [1.54, 1.807) is 6.33 Å². The number of thioether (sulfide) groups is 1. The zero-order valence-corrected chi connectivity index (χ0v) is 14.8. The lowest BCUT2D eigenvalue weighted by atomic mass is 10.0. The fourth-order valence-corrected chi connectivity index (χ4v) is 3.46. The summed E-state index contributed by atoms with van der Waals surface area (Å²) in [7, 11) is 0. The molecule has 0 atom stereocenters. The predicted octanol–water partition coefficient (Wildman–Crippen LogP) is 2.91. The van der Waals surface area contributed by atoms with E-state index >= 15 is 0 Å². The van der Waals surface area contributed by atoms with Crippen LogP contribution in [-0.2, 0) is 4.74 Å². The van der Waals surface area contributed by atoms with Gasteiger partial charge in [0.05, 0.1) is 19.0 Å². The number of nitrogens with zero attached hydrogens (tertiary/aromatic N) is 3. The van der Waals surface area contributed by atoms with Gasteiger partial charge in [0, 0.05) is 24.7 Å². The number of aryl methyl sites for hydroxylation is 2. The van der Waals surface area contributed by atoms with Crippen molar-refractivity contribution in [3.05, 3.63) is 47.3 Å². The van der Waals surface area contributed by atoms with Crippen LogP contribution in [0.3, 0.4) is 0 Å². The lowest BCUT2D eigenvalue weighted by Crippen LogP contribution is -2.36. The molecule has 1 saturated heterocycles. The Morgan fingerprint density at radius 1 is 1.21 bits per heavy atom. The third-order valence-electron chi connectivity index (χ3n) is 4.00. The third kappa shape index (κ3) is 4.13. The molecule has 3 rings (SSSR count). The van der Waals surface area contributed by atoms with Crippen LogP contribution in [0.25, 0.3) is 0 Å². The van der Waals surface area contributed by atoms with Crippen molar-refractivity contribution in [1.82, 2.24) is 9.97 Å². The molecule has 6 heteroatoms. The molecule has 0 aliphatic carbocycles. The third-order valence-corrected chi connectivity index (χ3v) is 4.92. The number of morpholine rings is 1. The lowest BCUT2D eigenvalue weighted by Gasteiger charge is -2.27. The van der Waals surface area contributed by atoms with E-state index in [0.29, 0.717) is 5.75 Å². The summed E-state index contributed by atoms with van der Waals surface area (Å²) in [4.78, 5) is 23.2. The smallest absolute Gasteiger partial charge is 0.173 e. The number of carbonyl (C=O) groups excluding carboxylic acids is 1. The fourth-order valence-electron chi connectivity index (χ4n) is 2.72. The molecular formula is C18H21N3O2S. The van der Waals surface area contributed by atoms with E-state index < -0.39 is 0 Å². The average Bonchev–Trinajstić information content (AvgIpc) is 2.61. The maximum atomic E-state index is 12.4. The molecule has 0 bridgehead atoms. The molecule has 5 nitrogen and oxygen atoms in total. The fraction of sp³-hybridized carbons (Fsp3) is 0.389. The normalized spacial score (nSPS) is 14.7. The Balaban J connectivity index is 1.64. The van der Waals surface area contributed by atoms with Crippen LogP contribution in [0.4, 0.5) is 5.82 Å². The maximum absolute atomic E-state index is 12.4.